The molecule has 0 unspecified atom stereocenters. The largest absolute Gasteiger partial charge is 0.357 e. The molecule has 1 spiro atoms. The first-order valence-electron chi connectivity index (χ1n) is 9.91. The SMILES string of the molecule is CCNC(=NCCCCn1ccccc1=O)N1CCC2(CCCC2)C1.I. The highest BCUT2D eigenvalue weighted by atomic mass is 127. The van der Waals surface area contributed by atoms with Crippen molar-refractivity contribution < 1.29 is 0 Å². The lowest BCUT2D eigenvalue weighted by molar-refractivity contribution is 0.309. The maximum atomic E-state index is 11.7. The predicted molar refractivity (Wildman–Crippen MR) is 118 cm³/mol. The van der Waals surface area contributed by atoms with Gasteiger partial charge in [-0.3, -0.25) is 9.79 Å². The number of aliphatic imine (C=N–C) groups is 1. The van der Waals surface area contributed by atoms with Crippen LogP contribution in [0.1, 0.15) is 51.9 Å². The summed E-state index contributed by atoms with van der Waals surface area (Å²) >= 11 is 0. The number of rotatable bonds is 6. The Hall–Kier alpha value is -1.05. The number of halogens is 1. The van der Waals surface area contributed by atoms with E-state index < -0.39 is 0 Å². The molecule has 0 bridgehead atoms. The van der Waals surface area contributed by atoms with Crippen molar-refractivity contribution >= 4 is 29.9 Å². The fourth-order valence-electron chi connectivity index (χ4n) is 4.30. The van der Waals surface area contributed by atoms with Crippen LogP contribution in [0.5, 0.6) is 0 Å². The minimum absolute atomic E-state index is 0. The average Bonchev–Trinajstić information content (AvgIpc) is 3.25. The molecule has 1 aromatic heterocycles. The van der Waals surface area contributed by atoms with Crippen LogP contribution in [-0.4, -0.2) is 41.6 Å². The molecule has 2 fully saturated rings. The van der Waals surface area contributed by atoms with E-state index in [2.05, 4.69) is 17.1 Å². The molecule has 1 aliphatic heterocycles. The first-order chi connectivity index (χ1) is 12.2. The van der Waals surface area contributed by atoms with E-state index in [4.69, 9.17) is 4.99 Å². The number of unbranched alkanes of at least 4 members (excludes halogenated alkanes) is 1. The zero-order valence-corrected chi connectivity index (χ0v) is 18.3. The molecule has 1 saturated carbocycles. The van der Waals surface area contributed by atoms with Crippen LogP contribution in [0.3, 0.4) is 0 Å². The van der Waals surface area contributed by atoms with E-state index >= 15 is 0 Å². The molecule has 6 heteroatoms. The Morgan fingerprint density at radius 3 is 2.77 bits per heavy atom. The number of pyridine rings is 1. The molecule has 2 aliphatic rings. The molecule has 0 radical (unpaired) electrons. The second-order valence-electron chi connectivity index (χ2n) is 7.55. The Morgan fingerprint density at radius 1 is 1.23 bits per heavy atom. The third-order valence-corrected chi connectivity index (χ3v) is 5.70. The van der Waals surface area contributed by atoms with Crippen molar-refractivity contribution in [3.63, 3.8) is 0 Å². The molecule has 1 aromatic rings. The van der Waals surface area contributed by atoms with Gasteiger partial charge in [0.2, 0.25) is 5.56 Å². The number of aromatic nitrogens is 1. The van der Waals surface area contributed by atoms with Gasteiger partial charge in [0, 0.05) is 45.0 Å². The quantitative estimate of drug-likeness (QED) is 0.299. The van der Waals surface area contributed by atoms with E-state index in [1.165, 1.54) is 38.6 Å². The summed E-state index contributed by atoms with van der Waals surface area (Å²) in [7, 11) is 0. The first-order valence-corrected chi connectivity index (χ1v) is 9.91. The third-order valence-electron chi connectivity index (χ3n) is 5.70. The first kappa shape index (κ1) is 21.3. The van der Waals surface area contributed by atoms with Crippen molar-refractivity contribution in [3.8, 4) is 0 Å². The number of nitrogens with one attached hydrogen (secondary N) is 1. The van der Waals surface area contributed by atoms with Gasteiger partial charge in [0.1, 0.15) is 0 Å². The minimum atomic E-state index is 0. The second-order valence-corrected chi connectivity index (χ2v) is 7.55. The fraction of sp³-hybridized carbons (Fsp3) is 0.700. The summed E-state index contributed by atoms with van der Waals surface area (Å²) < 4.78 is 1.78. The molecular weight excluding hydrogens is 439 g/mol. The molecule has 0 amide bonds. The van der Waals surface area contributed by atoms with E-state index in [0.717, 1.165) is 45.0 Å². The summed E-state index contributed by atoms with van der Waals surface area (Å²) in [6.07, 6.45) is 10.8. The van der Waals surface area contributed by atoms with Crippen LogP contribution in [0.15, 0.2) is 34.2 Å². The van der Waals surface area contributed by atoms with Gasteiger partial charge in [0.25, 0.3) is 0 Å². The van der Waals surface area contributed by atoms with Crippen molar-refractivity contribution in [1.82, 2.24) is 14.8 Å². The Kier molecular flexibility index (Phi) is 8.44. The minimum Gasteiger partial charge on any atom is -0.357 e. The highest BCUT2D eigenvalue weighted by Gasteiger charge is 2.40. The molecule has 1 saturated heterocycles. The Bertz CT molecular complexity index is 637. The molecule has 3 rings (SSSR count). The highest BCUT2D eigenvalue weighted by Crippen LogP contribution is 2.45. The Balaban J connectivity index is 0.00000243. The van der Waals surface area contributed by atoms with Gasteiger partial charge in [-0.2, -0.15) is 0 Å². The number of hydrogen-bond donors (Lipinski definition) is 1. The highest BCUT2D eigenvalue weighted by molar-refractivity contribution is 14.0. The maximum Gasteiger partial charge on any atom is 0.250 e. The molecule has 0 atom stereocenters. The van der Waals surface area contributed by atoms with Gasteiger partial charge in [-0.1, -0.05) is 18.9 Å². The van der Waals surface area contributed by atoms with Gasteiger partial charge in [0.15, 0.2) is 5.96 Å². The van der Waals surface area contributed by atoms with Crippen LogP contribution in [0.25, 0.3) is 0 Å². The Labute approximate surface area is 174 Å². The van der Waals surface area contributed by atoms with Crippen LogP contribution >= 0.6 is 24.0 Å². The van der Waals surface area contributed by atoms with E-state index in [-0.39, 0.29) is 29.5 Å². The lowest BCUT2D eigenvalue weighted by Crippen LogP contribution is -2.41. The van der Waals surface area contributed by atoms with Crippen LogP contribution in [0.2, 0.25) is 0 Å². The van der Waals surface area contributed by atoms with Gasteiger partial charge in [-0.25, -0.2) is 0 Å². The van der Waals surface area contributed by atoms with Gasteiger partial charge in [-0.15, -0.1) is 24.0 Å². The van der Waals surface area contributed by atoms with Crippen molar-refractivity contribution in [3.05, 3.63) is 34.7 Å². The molecule has 0 aromatic carbocycles. The second kappa shape index (κ2) is 10.3. The maximum absolute atomic E-state index is 11.7. The molecule has 1 N–H and O–H groups in total. The molecule has 26 heavy (non-hydrogen) atoms. The summed E-state index contributed by atoms with van der Waals surface area (Å²) in [4.78, 5) is 19.0. The standard InChI is InChI=1S/C20H32N4O.HI/c1-2-21-19(24-16-12-20(17-24)10-4-5-11-20)22-13-6-8-15-23-14-7-3-9-18(23)25;/h3,7,9,14H,2,4-6,8,10-13,15-17H2,1H3,(H,21,22);1H. The monoisotopic (exact) mass is 472 g/mol. The zero-order valence-electron chi connectivity index (χ0n) is 16.0. The lowest BCUT2D eigenvalue weighted by Gasteiger charge is -2.26. The van der Waals surface area contributed by atoms with Crippen molar-refractivity contribution in [2.45, 2.75) is 58.4 Å². The predicted octanol–water partition coefficient (Wildman–Crippen LogP) is 3.48. The van der Waals surface area contributed by atoms with E-state index in [0.29, 0.717) is 5.41 Å². The number of aryl methyl sites for hydroxylation is 1. The molecule has 1 aliphatic carbocycles. The van der Waals surface area contributed by atoms with Gasteiger partial charge in [0.05, 0.1) is 0 Å². The van der Waals surface area contributed by atoms with Gasteiger partial charge in [-0.05, 0) is 50.5 Å². The number of likely N-dealkylation sites (tertiary alicyclic amines) is 1. The fourth-order valence-corrected chi connectivity index (χ4v) is 4.30. The molecular formula is C20H33IN4O. The smallest absolute Gasteiger partial charge is 0.250 e. The van der Waals surface area contributed by atoms with Crippen LogP contribution in [0.4, 0.5) is 0 Å². The molecule has 2 heterocycles. The van der Waals surface area contributed by atoms with Gasteiger partial charge >= 0.3 is 0 Å². The van der Waals surface area contributed by atoms with Crippen LogP contribution in [0, 0.1) is 5.41 Å². The number of guanidine groups is 1. The van der Waals surface area contributed by atoms with Crippen LogP contribution < -0.4 is 10.9 Å². The molecule has 5 nitrogen and oxygen atoms in total. The number of nitrogens with zero attached hydrogens (tertiary/aromatic N) is 3. The zero-order chi connectivity index (χ0) is 17.5. The summed E-state index contributed by atoms with van der Waals surface area (Å²) in [6, 6.07) is 5.32. The van der Waals surface area contributed by atoms with E-state index in [1.807, 2.05) is 12.3 Å². The molecule has 146 valence electrons. The summed E-state index contributed by atoms with van der Waals surface area (Å²) in [5.41, 5.74) is 0.656. The summed E-state index contributed by atoms with van der Waals surface area (Å²) in [6.45, 7) is 6.98. The summed E-state index contributed by atoms with van der Waals surface area (Å²) in [5.74, 6) is 1.09. The van der Waals surface area contributed by atoms with E-state index in [1.54, 1.807) is 16.7 Å². The summed E-state index contributed by atoms with van der Waals surface area (Å²) in [5, 5.41) is 3.47. The Morgan fingerprint density at radius 2 is 2.04 bits per heavy atom. The third kappa shape index (κ3) is 5.47. The average molecular weight is 472 g/mol. The van der Waals surface area contributed by atoms with Crippen molar-refractivity contribution in [1.29, 1.82) is 0 Å². The topological polar surface area (TPSA) is 49.6 Å². The van der Waals surface area contributed by atoms with E-state index in [9.17, 15) is 4.79 Å². The van der Waals surface area contributed by atoms with Crippen molar-refractivity contribution in [2.75, 3.05) is 26.2 Å². The normalized spacial score (nSPS) is 19.0. The lowest BCUT2D eigenvalue weighted by atomic mass is 9.86. The van der Waals surface area contributed by atoms with Crippen LogP contribution in [-0.2, 0) is 6.54 Å². The van der Waals surface area contributed by atoms with Gasteiger partial charge < -0.3 is 14.8 Å². The van der Waals surface area contributed by atoms with Crippen molar-refractivity contribution in [2.24, 2.45) is 10.4 Å². The number of hydrogen-bond acceptors (Lipinski definition) is 2.